The van der Waals surface area contributed by atoms with Crippen LogP contribution in [0, 0.1) is 18.8 Å². The van der Waals surface area contributed by atoms with E-state index in [1.165, 1.54) is 50.8 Å². The lowest BCUT2D eigenvalue weighted by Gasteiger charge is -2.33. The molecule has 3 heterocycles. The molecule has 3 aromatic heterocycles. The van der Waals surface area contributed by atoms with E-state index in [4.69, 9.17) is 14.8 Å². The quantitative estimate of drug-likeness (QED) is 0.135. The third-order valence-corrected chi connectivity index (χ3v) is 10.9. The summed E-state index contributed by atoms with van der Waals surface area (Å²) in [5.41, 5.74) is 11.3. The van der Waals surface area contributed by atoms with E-state index < -0.39 is 0 Å². The van der Waals surface area contributed by atoms with Crippen molar-refractivity contribution in [2.75, 3.05) is 0 Å². The number of benzene rings is 3. The van der Waals surface area contributed by atoms with Crippen LogP contribution in [0.25, 0.3) is 33.3 Å². The number of unbranched alkanes of at least 4 members (excludes halogenated alkanes) is 1. The maximum Gasteiger partial charge on any atom is 0.137 e. The molecule has 0 amide bonds. The molecule has 5 nitrogen and oxygen atoms in total. The molecule has 0 bridgehead atoms. The molecule has 5 heteroatoms. The Morgan fingerprint density at radius 1 is 0.843 bits per heavy atom. The topological polar surface area (TPSA) is 44.9 Å². The normalized spacial score (nSPS) is 17.9. The van der Waals surface area contributed by atoms with E-state index in [-0.39, 0.29) is 0 Å². The van der Waals surface area contributed by atoms with Gasteiger partial charge in [0.05, 0.1) is 22.4 Å². The average molecular weight is 679 g/mol. The number of hydrogen-bond acceptors (Lipinski definition) is 3. The van der Waals surface area contributed by atoms with Gasteiger partial charge < -0.3 is 4.74 Å². The lowest BCUT2D eigenvalue weighted by atomic mass is 9.71. The number of nitrogens with zero attached hydrogens (tertiary/aromatic N) is 4. The second-order valence-electron chi connectivity index (χ2n) is 15.7. The summed E-state index contributed by atoms with van der Waals surface area (Å²) in [4.78, 5) is 4.78. The van der Waals surface area contributed by atoms with Crippen LogP contribution in [0.2, 0.25) is 0 Å². The molecule has 0 radical (unpaired) electrons. The average Bonchev–Trinajstić information content (AvgIpc) is 3.62. The van der Waals surface area contributed by atoms with Crippen LogP contribution in [0.1, 0.15) is 120 Å². The van der Waals surface area contributed by atoms with Crippen molar-refractivity contribution in [2.45, 2.75) is 106 Å². The Morgan fingerprint density at radius 2 is 1.63 bits per heavy atom. The van der Waals surface area contributed by atoms with E-state index in [1.807, 2.05) is 12.3 Å². The Kier molecular flexibility index (Phi) is 9.67. The van der Waals surface area contributed by atoms with Crippen LogP contribution in [0.4, 0.5) is 0 Å². The van der Waals surface area contributed by atoms with Crippen molar-refractivity contribution in [3.8, 4) is 23.0 Å². The molecule has 51 heavy (non-hydrogen) atoms. The lowest BCUT2D eigenvalue weighted by molar-refractivity contribution is 0.388. The van der Waals surface area contributed by atoms with Crippen molar-refractivity contribution in [3.63, 3.8) is 0 Å². The number of para-hydroxylation sites is 1. The first-order chi connectivity index (χ1) is 24.5. The van der Waals surface area contributed by atoms with E-state index in [0.717, 1.165) is 53.3 Å². The van der Waals surface area contributed by atoms with Crippen LogP contribution in [0.3, 0.4) is 0 Å². The maximum absolute atomic E-state index is 6.83. The highest BCUT2D eigenvalue weighted by atomic mass is 16.5. The van der Waals surface area contributed by atoms with Gasteiger partial charge in [-0.3, -0.25) is 4.57 Å². The van der Waals surface area contributed by atoms with E-state index in [2.05, 4.69) is 144 Å². The molecule has 0 aliphatic heterocycles. The van der Waals surface area contributed by atoms with Gasteiger partial charge >= 0.3 is 0 Å². The standard InChI is InChI=1S/C46H54N4O/c1-10-11-15-41-45(44-32(8)21-31(7)22-33(44)9)46(29(4)5)48-50(41)35-24-34(28(2)3)25-37(26-35)51-36-17-18-39-38-14-12-13-16-40(38)49(42(39)27-36)43-23-30(6)19-20-47-43/h12-14,16-21,23-29,31,33,44H,10-11,15,22H2,1-9H3/t31?,33-,44+/m0/s1. The largest absolute Gasteiger partial charge is 0.457 e. The zero-order valence-corrected chi connectivity index (χ0v) is 32.0. The van der Waals surface area contributed by atoms with Gasteiger partial charge in [-0.05, 0) is 110 Å². The van der Waals surface area contributed by atoms with Gasteiger partial charge in [-0.2, -0.15) is 5.10 Å². The number of aryl methyl sites for hydroxylation is 1. The molecular formula is C46H54N4O. The Labute approximate surface area is 304 Å². The summed E-state index contributed by atoms with van der Waals surface area (Å²) in [7, 11) is 0. The van der Waals surface area contributed by atoms with Gasteiger partial charge in [0.1, 0.15) is 17.3 Å². The highest BCUT2D eigenvalue weighted by molar-refractivity contribution is 6.09. The fourth-order valence-corrected chi connectivity index (χ4v) is 8.51. The van der Waals surface area contributed by atoms with Crippen molar-refractivity contribution in [2.24, 2.45) is 11.8 Å². The summed E-state index contributed by atoms with van der Waals surface area (Å²) in [5.74, 6) is 4.76. The van der Waals surface area contributed by atoms with Crippen molar-refractivity contribution in [1.29, 1.82) is 0 Å². The third-order valence-electron chi connectivity index (χ3n) is 10.9. The van der Waals surface area contributed by atoms with Gasteiger partial charge in [0.2, 0.25) is 0 Å². The minimum Gasteiger partial charge on any atom is -0.457 e. The minimum absolute atomic E-state index is 0.325. The predicted octanol–water partition coefficient (Wildman–Crippen LogP) is 12.8. The summed E-state index contributed by atoms with van der Waals surface area (Å²) in [6.07, 6.45) is 8.89. The summed E-state index contributed by atoms with van der Waals surface area (Å²) < 4.78 is 11.4. The predicted molar refractivity (Wildman–Crippen MR) is 213 cm³/mol. The van der Waals surface area contributed by atoms with E-state index >= 15 is 0 Å². The van der Waals surface area contributed by atoms with Gasteiger partial charge in [-0.25, -0.2) is 9.67 Å². The fraction of sp³-hybridized carbons (Fsp3) is 0.391. The van der Waals surface area contributed by atoms with Crippen LogP contribution in [-0.4, -0.2) is 19.3 Å². The summed E-state index contributed by atoms with van der Waals surface area (Å²) >= 11 is 0. The zero-order valence-electron chi connectivity index (χ0n) is 32.0. The number of allylic oxidation sites excluding steroid dienone is 2. The molecule has 7 rings (SSSR count). The highest BCUT2D eigenvalue weighted by Gasteiger charge is 2.34. The molecule has 1 aliphatic rings. The van der Waals surface area contributed by atoms with Gasteiger partial charge in [-0.1, -0.05) is 84.7 Å². The van der Waals surface area contributed by atoms with Gasteiger partial charge in [0, 0.05) is 46.3 Å². The SMILES string of the molecule is CCCCc1c([C@@H]2C(C)=CC(C)C[C@@H]2C)c(C(C)C)nn1-c1cc(Oc2ccc3c4ccccc4n(-c4cc(C)ccn4)c3c2)cc(C(C)C)c1. The maximum atomic E-state index is 6.83. The summed E-state index contributed by atoms with van der Waals surface area (Å²) in [6.45, 7) is 20.7. The highest BCUT2D eigenvalue weighted by Crippen LogP contribution is 2.45. The molecule has 264 valence electrons. The lowest BCUT2D eigenvalue weighted by Crippen LogP contribution is -2.21. The Hall–Kier alpha value is -4.64. The molecule has 6 aromatic rings. The molecular weight excluding hydrogens is 625 g/mol. The van der Waals surface area contributed by atoms with Crippen molar-refractivity contribution < 1.29 is 4.74 Å². The van der Waals surface area contributed by atoms with Crippen LogP contribution < -0.4 is 4.74 Å². The number of pyridine rings is 1. The second kappa shape index (κ2) is 14.2. The van der Waals surface area contributed by atoms with Crippen LogP contribution in [0.5, 0.6) is 11.5 Å². The molecule has 0 saturated heterocycles. The monoisotopic (exact) mass is 678 g/mol. The van der Waals surface area contributed by atoms with Crippen LogP contribution in [0.15, 0.2) is 90.6 Å². The molecule has 1 aliphatic carbocycles. The minimum atomic E-state index is 0.325. The number of ether oxygens (including phenoxy) is 1. The summed E-state index contributed by atoms with van der Waals surface area (Å²) in [5, 5.41) is 7.87. The third kappa shape index (κ3) is 6.64. The Morgan fingerprint density at radius 3 is 2.35 bits per heavy atom. The van der Waals surface area contributed by atoms with Crippen molar-refractivity contribution in [1.82, 2.24) is 19.3 Å². The smallest absolute Gasteiger partial charge is 0.137 e. The van der Waals surface area contributed by atoms with Crippen LogP contribution >= 0.6 is 0 Å². The molecule has 3 atom stereocenters. The number of aromatic nitrogens is 4. The molecule has 0 N–H and O–H groups in total. The molecule has 3 aromatic carbocycles. The number of hydrogen-bond donors (Lipinski definition) is 0. The second-order valence-corrected chi connectivity index (χ2v) is 15.7. The Balaban J connectivity index is 1.37. The molecule has 0 saturated carbocycles. The first-order valence-corrected chi connectivity index (χ1v) is 19.1. The first-order valence-electron chi connectivity index (χ1n) is 19.1. The number of rotatable bonds is 10. The first kappa shape index (κ1) is 34.8. The molecule has 0 spiro atoms. The molecule has 1 unspecified atom stereocenters. The molecule has 0 fully saturated rings. The zero-order chi connectivity index (χ0) is 36.0. The number of fused-ring (bicyclic) bond motifs is 3. The van der Waals surface area contributed by atoms with E-state index in [0.29, 0.717) is 29.6 Å². The Bertz CT molecular complexity index is 2230. The van der Waals surface area contributed by atoms with E-state index in [9.17, 15) is 0 Å². The van der Waals surface area contributed by atoms with Crippen molar-refractivity contribution >= 4 is 21.8 Å². The van der Waals surface area contributed by atoms with Gasteiger partial charge in [-0.15, -0.1) is 0 Å². The van der Waals surface area contributed by atoms with Gasteiger partial charge in [0.15, 0.2) is 0 Å². The van der Waals surface area contributed by atoms with Gasteiger partial charge in [0.25, 0.3) is 0 Å². The van der Waals surface area contributed by atoms with Crippen molar-refractivity contribution in [3.05, 3.63) is 119 Å². The summed E-state index contributed by atoms with van der Waals surface area (Å²) in [6, 6.07) is 25.9. The van der Waals surface area contributed by atoms with Crippen LogP contribution in [-0.2, 0) is 6.42 Å². The van der Waals surface area contributed by atoms with E-state index in [1.54, 1.807) is 0 Å². The fourth-order valence-electron chi connectivity index (χ4n) is 8.51.